The molecule has 0 radical (unpaired) electrons. The van der Waals surface area contributed by atoms with Gasteiger partial charge in [-0.2, -0.15) is 0 Å². The smallest absolute Gasteiger partial charge is 0.329 e. The lowest BCUT2D eigenvalue weighted by molar-refractivity contribution is -0.145. The number of methoxy groups -OCH3 is 2. The van der Waals surface area contributed by atoms with Gasteiger partial charge in [-0.3, -0.25) is 9.36 Å². The molecule has 0 unspecified atom stereocenters. The summed E-state index contributed by atoms with van der Waals surface area (Å²) in [6, 6.07) is 5.20. The number of aromatic nitrogens is 2. The first kappa shape index (κ1) is 20.4. The summed E-state index contributed by atoms with van der Waals surface area (Å²) in [5, 5.41) is 10.5. The topological polar surface area (TPSA) is 90.7 Å². The number of hydrogen-bond donors (Lipinski definition) is 1. The summed E-state index contributed by atoms with van der Waals surface area (Å²) in [6.45, 7) is 3.04. The van der Waals surface area contributed by atoms with Crippen molar-refractivity contribution < 1.29 is 19.4 Å². The van der Waals surface area contributed by atoms with Crippen LogP contribution in [0, 0.1) is 0 Å². The van der Waals surface area contributed by atoms with E-state index in [9.17, 15) is 14.7 Å². The second kappa shape index (κ2) is 7.43. The van der Waals surface area contributed by atoms with Crippen molar-refractivity contribution in [1.29, 1.82) is 0 Å². The molecule has 0 aliphatic heterocycles. The number of carboxylic acids is 1. The normalized spacial score (nSPS) is 13.9. The van der Waals surface area contributed by atoms with E-state index in [4.69, 9.17) is 14.5 Å². The predicted octanol–water partition coefficient (Wildman–Crippen LogP) is 3.84. The number of thiophene rings is 1. The molecule has 0 fully saturated rings. The highest BCUT2D eigenvalue weighted by molar-refractivity contribution is 7.18. The van der Waals surface area contributed by atoms with Gasteiger partial charge in [0.15, 0.2) is 11.5 Å². The fourth-order valence-corrected chi connectivity index (χ4v) is 5.24. The van der Waals surface area contributed by atoms with Gasteiger partial charge in [0.25, 0.3) is 5.56 Å². The summed E-state index contributed by atoms with van der Waals surface area (Å²) >= 11 is 1.54. The van der Waals surface area contributed by atoms with Gasteiger partial charge in [-0.1, -0.05) is 0 Å². The van der Waals surface area contributed by atoms with E-state index in [-0.39, 0.29) is 5.56 Å². The van der Waals surface area contributed by atoms with Gasteiger partial charge >= 0.3 is 5.97 Å². The Morgan fingerprint density at radius 1 is 1.17 bits per heavy atom. The molecule has 2 heterocycles. The molecule has 30 heavy (non-hydrogen) atoms. The van der Waals surface area contributed by atoms with Crippen molar-refractivity contribution in [2.75, 3.05) is 14.2 Å². The van der Waals surface area contributed by atoms with Crippen LogP contribution in [-0.4, -0.2) is 34.8 Å². The average molecular weight is 429 g/mol. The van der Waals surface area contributed by atoms with Crippen LogP contribution in [0.2, 0.25) is 0 Å². The van der Waals surface area contributed by atoms with E-state index in [1.165, 1.54) is 30.4 Å². The van der Waals surface area contributed by atoms with E-state index in [1.807, 2.05) is 0 Å². The van der Waals surface area contributed by atoms with Crippen LogP contribution in [0.3, 0.4) is 0 Å². The molecule has 3 aromatic rings. The molecule has 158 valence electrons. The Hall–Kier alpha value is -2.87. The van der Waals surface area contributed by atoms with Crippen molar-refractivity contribution >= 4 is 27.5 Å². The maximum atomic E-state index is 13.7. The Labute approximate surface area is 177 Å². The zero-order valence-electron chi connectivity index (χ0n) is 17.4. The van der Waals surface area contributed by atoms with Gasteiger partial charge in [0.2, 0.25) is 0 Å². The first-order valence-corrected chi connectivity index (χ1v) is 10.6. The monoisotopic (exact) mass is 428 g/mol. The Morgan fingerprint density at radius 3 is 2.53 bits per heavy atom. The SMILES string of the molecule is COc1ccc(-c2nc3sc4c(c3c(=O)n2C(C)(C)C(=O)O)CCCC4)cc1OC. The molecule has 8 heteroatoms. The van der Waals surface area contributed by atoms with Crippen LogP contribution in [0.4, 0.5) is 0 Å². The maximum Gasteiger partial charge on any atom is 0.329 e. The number of benzene rings is 1. The summed E-state index contributed by atoms with van der Waals surface area (Å²) in [5.74, 6) is 0.228. The molecule has 0 amide bonds. The standard InChI is InChI=1S/C22H24N2O5S/c1-22(2,21(26)27)24-18(12-9-10-14(28-3)15(11-12)29-4)23-19-17(20(24)25)13-7-5-6-8-16(13)30-19/h9-11H,5-8H2,1-4H3,(H,26,27). The molecule has 0 saturated heterocycles. The van der Waals surface area contributed by atoms with E-state index < -0.39 is 11.5 Å². The van der Waals surface area contributed by atoms with Crippen LogP contribution in [0.25, 0.3) is 21.6 Å². The van der Waals surface area contributed by atoms with Gasteiger partial charge in [-0.25, -0.2) is 9.78 Å². The Balaban J connectivity index is 2.08. The molecule has 0 saturated carbocycles. The quantitative estimate of drug-likeness (QED) is 0.664. The molecule has 0 spiro atoms. The molecular weight excluding hydrogens is 404 g/mol. The summed E-state index contributed by atoms with van der Waals surface area (Å²) in [6.07, 6.45) is 3.88. The second-order valence-electron chi connectivity index (χ2n) is 7.90. The third-order valence-electron chi connectivity index (χ3n) is 5.71. The molecular formula is C22H24N2O5S. The minimum Gasteiger partial charge on any atom is -0.493 e. The maximum absolute atomic E-state index is 13.7. The molecule has 1 aromatic carbocycles. The van der Waals surface area contributed by atoms with Gasteiger partial charge in [-0.05, 0) is 63.3 Å². The van der Waals surface area contributed by atoms with Gasteiger partial charge in [0, 0.05) is 10.4 Å². The number of carbonyl (C=O) groups is 1. The molecule has 2 aromatic heterocycles. The van der Waals surface area contributed by atoms with Crippen molar-refractivity contribution in [1.82, 2.24) is 9.55 Å². The second-order valence-corrected chi connectivity index (χ2v) is 8.98. The number of aliphatic carboxylic acids is 1. The Morgan fingerprint density at radius 2 is 1.87 bits per heavy atom. The fourth-order valence-electron chi connectivity index (χ4n) is 3.99. The zero-order chi connectivity index (χ0) is 21.6. The number of aryl methyl sites for hydroxylation is 2. The largest absolute Gasteiger partial charge is 0.493 e. The lowest BCUT2D eigenvalue weighted by Gasteiger charge is -2.26. The van der Waals surface area contributed by atoms with Crippen LogP contribution < -0.4 is 15.0 Å². The van der Waals surface area contributed by atoms with Gasteiger partial charge in [-0.15, -0.1) is 11.3 Å². The van der Waals surface area contributed by atoms with Crippen molar-refractivity contribution in [3.05, 3.63) is 39.0 Å². The van der Waals surface area contributed by atoms with Crippen molar-refractivity contribution in [3.8, 4) is 22.9 Å². The molecule has 0 bridgehead atoms. The molecule has 1 aliphatic carbocycles. The highest BCUT2D eigenvalue weighted by Crippen LogP contribution is 2.37. The summed E-state index contributed by atoms with van der Waals surface area (Å²) < 4.78 is 12.0. The minimum absolute atomic E-state index is 0.305. The minimum atomic E-state index is -1.48. The van der Waals surface area contributed by atoms with Gasteiger partial charge in [0.05, 0.1) is 19.6 Å². The predicted molar refractivity (Wildman–Crippen MR) is 116 cm³/mol. The van der Waals surface area contributed by atoms with E-state index in [2.05, 4.69) is 0 Å². The Bertz CT molecular complexity index is 1210. The number of hydrogen-bond acceptors (Lipinski definition) is 6. The molecule has 4 rings (SSSR count). The lowest BCUT2D eigenvalue weighted by Crippen LogP contribution is -2.44. The van der Waals surface area contributed by atoms with E-state index in [1.54, 1.807) is 36.6 Å². The van der Waals surface area contributed by atoms with E-state index >= 15 is 0 Å². The third kappa shape index (κ3) is 3.06. The number of fused-ring (bicyclic) bond motifs is 3. The highest BCUT2D eigenvalue weighted by Gasteiger charge is 2.35. The van der Waals surface area contributed by atoms with Crippen LogP contribution in [-0.2, 0) is 23.2 Å². The van der Waals surface area contributed by atoms with E-state index in [0.717, 1.165) is 31.2 Å². The lowest BCUT2D eigenvalue weighted by atomic mass is 9.96. The summed E-state index contributed by atoms with van der Waals surface area (Å²) in [4.78, 5) is 32.5. The number of rotatable bonds is 5. The number of nitrogens with zero attached hydrogens (tertiary/aromatic N) is 2. The summed E-state index contributed by atoms with van der Waals surface area (Å²) in [7, 11) is 3.07. The highest BCUT2D eigenvalue weighted by atomic mass is 32.1. The summed E-state index contributed by atoms with van der Waals surface area (Å²) in [5.41, 5.74) is -0.166. The molecule has 1 N–H and O–H groups in total. The first-order valence-electron chi connectivity index (χ1n) is 9.83. The molecule has 0 atom stereocenters. The van der Waals surface area contributed by atoms with Crippen LogP contribution in [0.5, 0.6) is 11.5 Å². The Kier molecular flexibility index (Phi) is 5.05. The number of ether oxygens (including phenoxy) is 2. The van der Waals surface area contributed by atoms with E-state index in [0.29, 0.717) is 33.1 Å². The van der Waals surface area contributed by atoms with Crippen molar-refractivity contribution in [3.63, 3.8) is 0 Å². The van der Waals surface area contributed by atoms with Crippen molar-refractivity contribution in [2.45, 2.75) is 45.1 Å². The van der Waals surface area contributed by atoms with Gasteiger partial charge < -0.3 is 14.6 Å². The fraction of sp³-hybridized carbons (Fsp3) is 0.409. The average Bonchev–Trinajstić information content (AvgIpc) is 3.11. The van der Waals surface area contributed by atoms with Gasteiger partial charge in [0.1, 0.15) is 16.2 Å². The van der Waals surface area contributed by atoms with Crippen LogP contribution in [0.15, 0.2) is 23.0 Å². The molecule has 1 aliphatic rings. The molecule has 7 nitrogen and oxygen atoms in total. The van der Waals surface area contributed by atoms with Crippen molar-refractivity contribution in [2.24, 2.45) is 0 Å². The van der Waals surface area contributed by atoms with Crippen LogP contribution in [0.1, 0.15) is 37.1 Å². The zero-order valence-corrected chi connectivity index (χ0v) is 18.3. The number of carboxylic acid groups (broad SMARTS) is 1. The third-order valence-corrected chi connectivity index (χ3v) is 6.90. The van der Waals surface area contributed by atoms with Crippen LogP contribution >= 0.6 is 11.3 Å². The first-order chi connectivity index (χ1) is 14.3.